The molecule has 1 aliphatic carbocycles. The van der Waals surface area contributed by atoms with Crippen molar-refractivity contribution in [2.45, 2.75) is 38.0 Å². The van der Waals surface area contributed by atoms with E-state index in [0.717, 1.165) is 25.0 Å². The van der Waals surface area contributed by atoms with Gasteiger partial charge in [-0.05, 0) is 43.9 Å². The van der Waals surface area contributed by atoms with Gasteiger partial charge >= 0.3 is 0 Å². The fraction of sp³-hybridized carbons (Fsp3) is 0.409. The second-order valence-corrected chi connectivity index (χ2v) is 8.02. The minimum Gasteiger partial charge on any atom is -0.494 e. The summed E-state index contributed by atoms with van der Waals surface area (Å²) in [5, 5.41) is 20.7. The summed E-state index contributed by atoms with van der Waals surface area (Å²) in [5.74, 6) is -5.26. The van der Waals surface area contributed by atoms with Gasteiger partial charge in [0.2, 0.25) is 11.7 Å². The molecule has 1 aromatic rings. The molecular formula is C22H24ClF2N3O3. The van der Waals surface area contributed by atoms with Gasteiger partial charge in [0.05, 0.1) is 22.0 Å². The van der Waals surface area contributed by atoms with Crippen LogP contribution in [0.3, 0.4) is 0 Å². The van der Waals surface area contributed by atoms with Gasteiger partial charge in [-0.1, -0.05) is 18.2 Å². The molecule has 1 saturated carbocycles. The van der Waals surface area contributed by atoms with Gasteiger partial charge in [-0.25, -0.2) is 0 Å². The van der Waals surface area contributed by atoms with Crippen LogP contribution in [-0.2, 0) is 10.7 Å². The van der Waals surface area contributed by atoms with E-state index < -0.39 is 23.2 Å². The summed E-state index contributed by atoms with van der Waals surface area (Å²) < 4.78 is 29.3. The molecule has 9 heteroatoms. The Kier molecular flexibility index (Phi) is 6.50. The summed E-state index contributed by atoms with van der Waals surface area (Å²) >= 11 is 6.48. The van der Waals surface area contributed by atoms with Gasteiger partial charge in [0.1, 0.15) is 5.57 Å². The third-order valence-corrected chi connectivity index (χ3v) is 5.91. The van der Waals surface area contributed by atoms with Crippen LogP contribution < -0.4 is 10.2 Å². The smallest absolute Gasteiger partial charge is 0.293 e. The van der Waals surface area contributed by atoms with Crippen molar-refractivity contribution in [1.29, 1.82) is 5.41 Å². The number of ketones is 1. The average Bonchev–Trinajstić information content (AvgIpc) is 3.59. The van der Waals surface area contributed by atoms with Crippen molar-refractivity contribution in [3.63, 3.8) is 0 Å². The van der Waals surface area contributed by atoms with Gasteiger partial charge in [-0.2, -0.15) is 8.78 Å². The Morgan fingerprint density at radius 1 is 1.39 bits per heavy atom. The van der Waals surface area contributed by atoms with Crippen molar-refractivity contribution >= 4 is 34.7 Å². The number of aliphatic hydroxyl groups excluding tert-OH is 1. The maximum Gasteiger partial charge on any atom is 0.293 e. The molecule has 0 aromatic heterocycles. The first-order valence-corrected chi connectivity index (χ1v) is 10.4. The van der Waals surface area contributed by atoms with Crippen LogP contribution in [0.2, 0.25) is 5.02 Å². The molecule has 166 valence electrons. The standard InChI is InChI=1S/C22H24ClF2N3O3/c1-3-22(24,25)14-10-9-13(17(23)19(14)28-11-5-4-6-15(28)29)20(30)16(21(31)27-2)18(26)12-7-8-12/h3,9-10,12,26-27,31H,1,4-8,11H2,2H3/b21-16-,26-18?. The van der Waals surface area contributed by atoms with Gasteiger partial charge in [-0.15, -0.1) is 0 Å². The van der Waals surface area contributed by atoms with E-state index in [1.54, 1.807) is 0 Å². The van der Waals surface area contributed by atoms with Gasteiger partial charge in [-0.3, -0.25) is 9.59 Å². The van der Waals surface area contributed by atoms with E-state index in [2.05, 4.69) is 11.9 Å². The molecule has 3 rings (SSSR count). The van der Waals surface area contributed by atoms with Crippen LogP contribution in [0.1, 0.15) is 48.0 Å². The highest BCUT2D eigenvalue weighted by atomic mass is 35.5. The summed E-state index contributed by atoms with van der Waals surface area (Å²) in [6.07, 6.45) is 3.33. The number of alkyl halides is 2. The number of piperidine rings is 1. The molecule has 1 heterocycles. The number of hydrogen-bond acceptors (Lipinski definition) is 5. The molecule has 1 amide bonds. The number of carbonyl (C=O) groups is 2. The molecule has 1 saturated heterocycles. The summed E-state index contributed by atoms with van der Waals surface area (Å²) in [4.78, 5) is 27.0. The number of hydrogen-bond donors (Lipinski definition) is 3. The zero-order valence-electron chi connectivity index (χ0n) is 17.1. The minimum atomic E-state index is -3.48. The third kappa shape index (κ3) is 4.35. The first kappa shape index (κ1) is 22.9. The van der Waals surface area contributed by atoms with Gasteiger partial charge in [0, 0.05) is 31.5 Å². The number of halogens is 3. The maximum atomic E-state index is 14.6. The third-order valence-electron chi connectivity index (χ3n) is 5.53. The van der Waals surface area contributed by atoms with Crippen molar-refractivity contribution in [3.8, 4) is 0 Å². The van der Waals surface area contributed by atoms with Crippen LogP contribution in [-0.4, -0.2) is 36.1 Å². The molecule has 0 bridgehead atoms. The number of carbonyl (C=O) groups excluding carboxylic acids is 2. The first-order valence-electron chi connectivity index (χ1n) is 10.0. The molecule has 0 atom stereocenters. The molecule has 0 unspecified atom stereocenters. The Bertz CT molecular complexity index is 986. The van der Waals surface area contributed by atoms with Crippen molar-refractivity contribution in [2.75, 3.05) is 18.5 Å². The Morgan fingerprint density at radius 2 is 2.06 bits per heavy atom. The molecule has 6 nitrogen and oxygen atoms in total. The topological polar surface area (TPSA) is 93.5 Å². The average molecular weight is 452 g/mol. The number of aliphatic hydroxyl groups is 1. The van der Waals surface area contributed by atoms with Crippen LogP contribution in [0, 0.1) is 11.3 Å². The number of benzene rings is 1. The molecule has 3 N–H and O–H groups in total. The fourth-order valence-electron chi connectivity index (χ4n) is 3.62. The zero-order chi connectivity index (χ0) is 22.9. The predicted molar refractivity (Wildman–Crippen MR) is 115 cm³/mol. The Hall–Kier alpha value is -2.74. The van der Waals surface area contributed by atoms with E-state index in [0.29, 0.717) is 18.9 Å². The van der Waals surface area contributed by atoms with E-state index in [-0.39, 0.29) is 52.3 Å². The molecule has 0 radical (unpaired) electrons. The molecule has 31 heavy (non-hydrogen) atoms. The van der Waals surface area contributed by atoms with Crippen LogP contribution in [0.5, 0.6) is 0 Å². The second-order valence-electron chi connectivity index (χ2n) is 7.64. The number of rotatable bonds is 8. The lowest BCUT2D eigenvalue weighted by atomic mass is 9.93. The molecular weight excluding hydrogens is 428 g/mol. The number of nitrogens with zero attached hydrogens (tertiary/aromatic N) is 1. The van der Waals surface area contributed by atoms with Crippen molar-refractivity contribution < 1.29 is 23.5 Å². The lowest BCUT2D eigenvalue weighted by molar-refractivity contribution is -0.119. The number of allylic oxidation sites excluding steroid dienone is 2. The number of Topliss-reactive ketones (excluding diaryl/α,β-unsaturated/α-hetero) is 1. The number of nitrogens with one attached hydrogen (secondary N) is 2. The number of anilines is 1. The molecule has 1 aromatic carbocycles. The number of amides is 1. The van der Waals surface area contributed by atoms with Gasteiger partial charge in [0.25, 0.3) is 5.92 Å². The van der Waals surface area contributed by atoms with Crippen molar-refractivity contribution in [2.24, 2.45) is 5.92 Å². The van der Waals surface area contributed by atoms with E-state index in [1.807, 2.05) is 0 Å². The van der Waals surface area contributed by atoms with E-state index >= 15 is 0 Å². The quantitative estimate of drug-likeness (QED) is 0.175. The fourth-order valence-corrected chi connectivity index (χ4v) is 3.97. The highest BCUT2D eigenvalue weighted by Gasteiger charge is 2.39. The Morgan fingerprint density at radius 3 is 2.61 bits per heavy atom. The highest BCUT2D eigenvalue weighted by molar-refractivity contribution is 6.40. The molecule has 2 aliphatic rings. The van der Waals surface area contributed by atoms with E-state index in [1.165, 1.54) is 11.9 Å². The van der Waals surface area contributed by atoms with Crippen molar-refractivity contribution in [3.05, 3.63) is 52.4 Å². The summed E-state index contributed by atoms with van der Waals surface area (Å²) in [6.45, 7) is 3.37. The normalized spacial score (nSPS) is 17.8. The largest absolute Gasteiger partial charge is 0.494 e. The zero-order valence-corrected chi connectivity index (χ0v) is 17.9. The van der Waals surface area contributed by atoms with E-state index in [9.17, 15) is 23.5 Å². The van der Waals surface area contributed by atoms with Crippen LogP contribution >= 0.6 is 11.6 Å². The molecule has 2 fully saturated rings. The predicted octanol–water partition coefficient (Wildman–Crippen LogP) is 4.74. The summed E-state index contributed by atoms with van der Waals surface area (Å²) in [7, 11) is 1.40. The maximum absolute atomic E-state index is 14.6. The molecule has 0 spiro atoms. The van der Waals surface area contributed by atoms with Gasteiger partial charge < -0.3 is 20.7 Å². The van der Waals surface area contributed by atoms with Crippen molar-refractivity contribution in [1.82, 2.24) is 5.32 Å². The first-order chi connectivity index (χ1) is 14.6. The summed E-state index contributed by atoms with van der Waals surface area (Å²) in [5.41, 5.74) is -1.22. The monoisotopic (exact) mass is 451 g/mol. The Balaban J connectivity index is 2.19. The van der Waals surface area contributed by atoms with Gasteiger partial charge in [0.15, 0.2) is 5.88 Å². The lowest BCUT2D eigenvalue weighted by Gasteiger charge is -2.31. The van der Waals surface area contributed by atoms with E-state index in [4.69, 9.17) is 17.0 Å². The lowest BCUT2D eigenvalue weighted by Crippen LogP contribution is -2.37. The van der Waals surface area contributed by atoms with Crippen LogP contribution in [0.25, 0.3) is 0 Å². The minimum absolute atomic E-state index is 0.0380. The summed E-state index contributed by atoms with van der Waals surface area (Å²) in [6, 6.07) is 2.19. The Labute approximate surface area is 184 Å². The molecule has 1 aliphatic heterocycles. The van der Waals surface area contributed by atoms with Crippen LogP contribution in [0.4, 0.5) is 14.5 Å². The second kappa shape index (κ2) is 8.78. The highest BCUT2D eigenvalue weighted by Crippen LogP contribution is 2.44. The van der Waals surface area contributed by atoms with Crippen LogP contribution in [0.15, 0.2) is 36.2 Å². The SMILES string of the molecule is C=CC(F)(F)c1ccc(C(=O)/C(C(=N)C2CC2)=C(\O)NC)c(Cl)c1N1CCCCC1=O.